The topological polar surface area (TPSA) is 281 Å². The van der Waals surface area contributed by atoms with E-state index in [1.54, 1.807) is 0 Å². The maximum Gasteiger partial charge on any atom is 0.309 e. The maximum atomic E-state index is 12.1. The molecule has 24 heteroatoms. The Kier molecular flexibility index (Phi) is 28.0. The second kappa shape index (κ2) is 37.6. The molecule has 0 amide bonds. The number of esters is 3. The molecule has 0 aromatic heterocycles. The van der Waals surface area contributed by atoms with E-state index in [9.17, 15) is 14.4 Å². The van der Waals surface area contributed by atoms with Gasteiger partial charge in [0, 0.05) is 24.0 Å². The van der Waals surface area contributed by atoms with Crippen molar-refractivity contribution in [2.45, 2.75) is 202 Å². The first kappa shape index (κ1) is 76.0. The molecule has 15 aliphatic rings. The molecule has 17 unspecified atom stereocenters. The zero-order valence-electron chi connectivity index (χ0n) is 60.5. The third-order valence-corrected chi connectivity index (χ3v) is 21.9. The Morgan fingerprint density at radius 1 is 0.363 bits per heavy atom. The minimum Gasteiger partial charge on any atom is -0.491 e. The summed E-state index contributed by atoms with van der Waals surface area (Å²) < 4.78 is 113. The lowest BCUT2D eigenvalue weighted by atomic mass is 9.78. The van der Waals surface area contributed by atoms with Gasteiger partial charge in [-0.15, -0.1) is 0 Å². The minimum absolute atomic E-state index is 0.00258. The molecule has 0 radical (unpaired) electrons. The molecule has 17 rings (SSSR count). The molecular formula is C78H114O24. The summed E-state index contributed by atoms with van der Waals surface area (Å²) in [6, 6.07) is 16.7. The van der Waals surface area contributed by atoms with E-state index >= 15 is 0 Å². The van der Waals surface area contributed by atoms with Gasteiger partial charge in [-0.25, -0.2) is 0 Å². The summed E-state index contributed by atoms with van der Waals surface area (Å²) in [5, 5.41) is 0. The Hall–Kier alpha value is -4.19. The second-order valence-corrected chi connectivity index (χ2v) is 31.3. The zero-order chi connectivity index (χ0) is 70.1. The van der Waals surface area contributed by atoms with Crippen molar-refractivity contribution in [3.63, 3.8) is 0 Å². The van der Waals surface area contributed by atoms with Crippen LogP contribution in [0, 0.1) is 40.9 Å². The van der Waals surface area contributed by atoms with Gasteiger partial charge in [0.1, 0.15) is 92.9 Å². The Morgan fingerprint density at radius 3 is 1.08 bits per heavy atom. The number of benzene rings is 2. The van der Waals surface area contributed by atoms with E-state index in [0.29, 0.717) is 160 Å². The van der Waals surface area contributed by atoms with Crippen LogP contribution in [-0.4, -0.2) is 256 Å². The lowest BCUT2D eigenvalue weighted by molar-refractivity contribution is -0.163. The molecule has 11 aliphatic heterocycles. The molecular weight excluding hydrogens is 1320 g/mol. The Balaban J connectivity index is 0.000000114. The van der Waals surface area contributed by atoms with E-state index < -0.39 is 0 Å². The van der Waals surface area contributed by atoms with E-state index in [0.717, 1.165) is 154 Å². The second-order valence-electron chi connectivity index (χ2n) is 31.3. The van der Waals surface area contributed by atoms with Crippen molar-refractivity contribution in [3.05, 3.63) is 59.7 Å². The van der Waals surface area contributed by atoms with Crippen LogP contribution in [-0.2, 0) is 110 Å². The number of epoxide rings is 11. The number of hydrogen-bond acceptors (Lipinski definition) is 24. The first-order valence-electron chi connectivity index (χ1n) is 38.5. The van der Waals surface area contributed by atoms with Gasteiger partial charge in [-0.1, -0.05) is 57.9 Å². The Bertz CT molecular complexity index is 2670. The number of carbonyl (C=O) groups is 3. The van der Waals surface area contributed by atoms with Crippen molar-refractivity contribution in [1.82, 2.24) is 0 Å². The quantitative estimate of drug-likeness (QED) is 0.0348. The molecule has 0 spiro atoms. The summed E-state index contributed by atoms with van der Waals surface area (Å²) in [5.74, 6) is 2.59. The molecule has 0 bridgehead atoms. The van der Waals surface area contributed by atoms with Crippen molar-refractivity contribution in [3.8, 4) is 11.5 Å². The van der Waals surface area contributed by atoms with Crippen molar-refractivity contribution in [2.24, 2.45) is 40.9 Å². The van der Waals surface area contributed by atoms with E-state index in [1.165, 1.54) is 36.8 Å². The molecule has 17 atom stereocenters. The van der Waals surface area contributed by atoms with Gasteiger partial charge in [0.2, 0.25) is 0 Å². The highest BCUT2D eigenvalue weighted by molar-refractivity contribution is 5.82. The summed E-state index contributed by atoms with van der Waals surface area (Å²) >= 11 is 0. The molecule has 2 aromatic carbocycles. The Labute approximate surface area is 601 Å². The van der Waals surface area contributed by atoms with Crippen LogP contribution in [0.5, 0.6) is 11.5 Å². The van der Waals surface area contributed by atoms with Crippen LogP contribution < -0.4 is 9.47 Å². The fourth-order valence-corrected chi connectivity index (χ4v) is 13.7. The summed E-state index contributed by atoms with van der Waals surface area (Å²) in [4.78, 5) is 36.2. The van der Waals surface area contributed by atoms with E-state index in [-0.39, 0.29) is 70.9 Å². The number of rotatable bonds is 38. The molecule has 4 aliphatic carbocycles. The lowest BCUT2D eigenvalue weighted by Crippen LogP contribution is -2.38. The summed E-state index contributed by atoms with van der Waals surface area (Å²) in [6.45, 7) is 23.6. The predicted molar refractivity (Wildman–Crippen MR) is 366 cm³/mol. The molecule has 11 heterocycles. The fourth-order valence-electron chi connectivity index (χ4n) is 13.7. The fraction of sp³-hybridized carbons (Fsp3) is 0.808. The van der Waals surface area contributed by atoms with Gasteiger partial charge in [0.25, 0.3) is 0 Å². The third-order valence-electron chi connectivity index (χ3n) is 21.9. The highest BCUT2D eigenvalue weighted by Gasteiger charge is 2.48. The van der Waals surface area contributed by atoms with Gasteiger partial charge in [0.05, 0.1) is 161 Å². The number of carbonyl (C=O) groups excluding carboxylic acids is 3. The largest absolute Gasteiger partial charge is 0.491 e. The smallest absolute Gasteiger partial charge is 0.309 e. The van der Waals surface area contributed by atoms with E-state index in [4.69, 9.17) is 99.5 Å². The molecule has 15 fully saturated rings. The number of hydrogen-bond donors (Lipinski definition) is 0. The van der Waals surface area contributed by atoms with Crippen LogP contribution in [0.15, 0.2) is 48.5 Å². The van der Waals surface area contributed by atoms with Crippen LogP contribution in [0.4, 0.5) is 0 Å². The highest BCUT2D eigenvalue weighted by atomic mass is 16.7. The molecule has 102 heavy (non-hydrogen) atoms. The highest BCUT2D eigenvalue weighted by Crippen LogP contribution is 2.42. The predicted octanol–water partition coefficient (Wildman–Crippen LogP) is 8.16. The minimum atomic E-state index is -0.366. The first-order valence-corrected chi connectivity index (χ1v) is 38.5. The van der Waals surface area contributed by atoms with Gasteiger partial charge in [-0.05, 0) is 137 Å². The van der Waals surface area contributed by atoms with Crippen molar-refractivity contribution in [1.29, 1.82) is 0 Å². The Morgan fingerprint density at radius 2 is 0.706 bits per heavy atom. The third kappa shape index (κ3) is 26.9. The van der Waals surface area contributed by atoms with Gasteiger partial charge in [-0.2, -0.15) is 0 Å². The molecule has 0 N–H and O–H groups in total. The molecule has 11 saturated heterocycles. The van der Waals surface area contributed by atoms with Gasteiger partial charge in [0.15, 0.2) is 0 Å². The lowest BCUT2D eigenvalue weighted by Gasteiger charge is -2.32. The summed E-state index contributed by atoms with van der Waals surface area (Å²) in [7, 11) is 0. The van der Waals surface area contributed by atoms with Crippen molar-refractivity contribution in [2.75, 3.05) is 159 Å². The van der Waals surface area contributed by atoms with Crippen molar-refractivity contribution >= 4 is 17.9 Å². The average Bonchev–Trinajstić information content (AvgIpc) is 1.38. The monoisotopic (exact) mass is 1430 g/mol. The van der Waals surface area contributed by atoms with Crippen LogP contribution in [0.25, 0.3) is 0 Å². The van der Waals surface area contributed by atoms with Gasteiger partial charge in [-0.3, -0.25) is 14.4 Å². The molecule has 570 valence electrons. The van der Waals surface area contributed by atoms with Crippen LogP contribution in [0.2, 0.25) is 0 Å². The van der Waals surface area contributed by atoms with Gasteiger partial charge < -0.3 is 99.5 Å². The van der Waals surface area contributed by atoms with E-state index in [1.807, 2.05) is 24.3 Å². The van der Waals surface area contributed by atoms with Crippen molar-refractivity contribution < 1.29 is 114 Å². The standard InChI is InChI=1S/C21H24O4.C15H26O6.C14H20O6.C14H20O4.C14H24O4/c1-21(2,15-3-7-17(8-4-15)22-11-19-13-24-19)16-5-9-18(10-6-16)23-12-20-14-25-20;1-2-15(9-16-3-12-6-19-12,10-17-4-13-7-20-13)11-18-5-14-8-21-14;15-13(19-7-9-5-17-9)11-3-1-2-4-12(11)14(16)20-8-10-6-18-10;15-14(9-2-4-11-13(6-9)18-11)16-7-8-1-3-10-12(5-8)17-10;1-2-12(6-16-8-14-10-18-14)4-3-11(1)5-15-7-13-9-17-13/h3-10,19-20H,11-14H2,1-2H3;12-14H,2-11H2,1H3;9-12H,1-8H2;8-13H,1-7H2;11-14H,1-10H2. The maximum absolute atomic E-state index is 12.1. The zero-order valence-corrected chi connectivity index (χ0v) is 60.5. The van der Waals surface area contributed by atoms with Gasteiger partial charge >= 0.3 is 17.9 Å². The number of ether oxygens (including phenoxy) is 21. The summed E-state index contributed by atoms with van der Waals surface area (Å²) in [5.41, 5.74) is 2.32. The van der Waals surface area contributed by atoms with Crippen LogP contribution in [0.1, 0.15) is 128 Å². The van der Waals surface area contributed by atoms with Crippen LogP contribution in [0.3, 0.4) is 0 Å². The average molecular weight is 1440 g/mol. The SMILES string of the molecule is C1CC(COCC2CO2)CCC1COCC1CO1.CC(C)(c1ccc(OCC2CO2)cc1)c1ccc(OCC2CO2)cc1.CCC(COCC1CO1)(COCC1CO1)COCC1CO1.O=C(OCC1CCC2OC2C1)C1CCC2OC2C1.O=C(OCC1CO1)C1CCCCC1C(=O)OCC1CO1. The normalized spacial score (nSPS) is 34.4. The molecule has 2 aromatic rings. The van der Waals surface area contributed by atoms with Crippen LogP contribution >= 0.6 is 0 Å². The molecule has 4 saturated carbocycles. The summed E-state index contributed by atoms with van der Waals surface area (Å²) in [6.07, 6.45) is 19.8. The number of fused-ring (bicyclic) bond motifs is 2. The molecule has 24 nitrogen and oxygen atoms in total. The first-order chi connectivity index (χ1) is 49.8. The van der Waals surface area contributed by atoms with E-state index in [2.05, 4.69) is 45.0 Å².